The number of para-hydroxylation sites is 1. The third-order valence-corrected chi connectivity index (χ3v) is 4.47. The average Bonchev–Trinajstić information content (AvgIpc) is 2.94. The molecule has 1 atom stereocenters. The smallest absolute Gasteiger partial charge is 0.325 e. The van der Waals surface area contributed by atoms with E-state index in [1.165, 1.54) is 16.2 Å². The van der Waals surface area contributed by atoms with Gasteiger partial charge in [0.2, 0.25) is 0 Å². The molecule has 3 amide bonds. The van der Waals surface area contributed by atoms with Gasteiger partial charge in [0.05, 0.1) is 16.8 Å². The van der Waals surface area contributed by atoms with E-state index in [2.05, 4.69) is 10.3 Å². The summed E-state index contributed by atoms with van der Waals surface area (Å²) < 4.78 is 1.07. The highest BCUT2D eigenvalue weighted by Gasteiger charge is 2.38. The molecule has 1 aliphatic rings. The van der Waals surface area contributed by atoms with Crippen molar-refractivity contribution in [2.75, 3.05) is 0 Å². The zero-order valence-electron chi connectivity index (χ0n) is 12.0. The topological polar surface area (TPSA) is 62.3 Å². The number of hydrogen-bond acceptors (Lipinski definition) is 4. The van der Waals surface area contributed by atoms with Crippen molar-refractivity contribution in [3.63, 3.8) is 0 Å². The first-order chi connectivity index (χ1) is 10.0. The summed E-state index contributed by atoms with van der Waals surface area (Å²) in [6, 6.07) is 7.10. The van der Waals surface area contributed by atoms with Crippen molar-refractivity contribution in [2.45, 2.75) is 32.9 Å². The van der Waals surface area contributed by atoms with Crippen molar-refractivity contribution in [3.8, 4) is 0 Å². The first-order valence-corrected chi connectivity index (χ1v) is 7.82. The summed E-state index contributed by atoms with van der Waals surface area (Å²) in [4.78, 5) is 30.0. The van der Waals surface area contributed by atoms with Crippen LogP contribution in [0, 0.1) is 5.92 Å². The van der Waals surface area contributed by atoms with Gasteiger partial charge in [0.25, 0.3) is 5.91 Å². The van der Waals surface area contributed by atoms with Crippen LogP contribution >= 0.6 is 11.3 Å². The minimum absolute atomic E-state index is 0.145. The van der Waals surface area contributed by atoms with E-state index in [0.717, 1.165) is 15.2 Å². The molecule has 0 bridgehead atoms. The van der Waals surface area contributed by atoms with Crippen LogP contribution in [0.5, 0.6) is 0 Å². The maximum Gasteiger partial charge on any atom is 0.325 e. The number of amides is 3. The molecule has 2 heterocycles. The van der Waals surface area contributed by atoms with Gasteiger partial charge in [-0.2, -0.15) is 0 Å². The summed E-state index contributed by atoms with van der Waals surface area (Å²) >= 11 is 1.52. The number of benzene rings is 1. The van der Waals surface area contributed by atoms with Crippen LogP contribution in [0.3, 0.4) is 0 Å². The highest BCUT2D eigenvalue weighted by atomic mass is 32.1. The number of carbonyl (C=O) groups is 2. The molecule has 1 aromatic heterocycles. The maximum absolute atomic E-state index is 12.3. The lowest BCUT2D eigenvalue weighted by Crippen LogP contribution is -2.31. The van der Waals surface area contributed by atoms with Gasteiger partial charge in [-0.15, -0.1) is 11.3 Å². The lowest BCUT2D eigenvalue weighted by Gasteiger charge is -2.12. The van der Waals surface area contributed by atoms with E-state index in [0.29, 0.717) is 12.3 Å². The van der Waals surface area contributed by atoms with Gasteiger partial charge in [-0.05, 0) is 24.5 Å². The molecule has 0 unspecified atom stereocenters. The van der Waals surface area contributed by atoms with Crippen molar-refractivity contribution in [2.24, 2.45) is 5.92 Å². The van der Waals surface area contributed by atoms with E-state index in [9.17, 15) is 9.59 Å². The number of urea groups is 1. The second-order valence-corrected chi connectivity index (χ2v) is 6.75. The summed E-state index contributed by atoms with van der Waals surface area (Å²) in [7, 11) is 0. The summed E-state index contributed by atoms with van der Waals surface area (Å²) in [5.74, 6) is 0.217. The molecule has 0 spiro atoms. The van der Waals surface area contributed by atoms with Gasteiger partial charge in [0.1, 0.15) is 11.0 Å². The molecule has 3 rings (SSSR count). The Morgan fingerprint density at radius 1 is 1.33 bits per heavy atom. The zero-order chi connectivity index (χ0) is 15.0. The molecule has 1 fully saturated rings. The molecule has 110 valence electrons. The Balaban J connectivity index is 1.77. The van der Waals surface area contributed by atoms with E-state index < -0.39 is 6.04 Å². The molecule has 0 saturated carbocycles. The molecule has 1 aliphatic heterocycles. The van der Waals surface area contributed by atoms with Crippen LogP contribution in [-0.4, -0.2) is 27.9 Å². The minimum Gasteiger partial charge on any atom is -0.326 e. The second-order valence-electron chi connectivity index (χ2n) is 5.63. The summed E-state index contributed by atoms with van der Waals surface area (Å²) in [5, 5.41) is 3.54. The molecular formula is C15H17N3O2S. The molecule has 2 aromatic rings. The van der Waals surface area contributed by atoms with E-state index in [4.69, 9.17) is 0 Å². The van der Waals surface area contributed by atoms with Gasteiger partial charge in [0, 0.05) is 0 Å². The van der Waals surface area contributed by atoms with Crippen LogP contribution in [-0.2, 0) is 11.3 Å². The summed E-state index contributed by atoms with van der Waals surface area (Å²) in [6.07, 6.45) is 0.668. The first-order valence-electron chi connectivity index (χ1n) is 7.01. The van der Waals surface area contributed by atoms with Crippen LogP contribution in [0.2, 0.25) is 0 Å². The minimum atomic E-state index is -0.396. The molecule has 6 heteroatoms. The number of aromatic nitrogens is 1. The van der Waals surface area contributed by atoms with Crippen molar-refractivity contribution in [3.05, 3.63) is 29.3 Å². The lowest BCUT2D eigenvalue weighted by molar-refractivity contribution is -0.128. The number of nitrogens with one attached hydrogen (secondary N) is 1. The van der Waals surface area contributed by atoms with Crippen molar-refractivity contribution in [1.29, 1.82) is 0 Å². The fraction of sp³-hybridized carbons (Fsp3) is 0.400. The first kappa shape index (κ1) is 14.0. The Labute approximate surface area is 127 Å². The largest absolute Gasteiger partial charge is 0.326 e. The average molecular weight is 303 g/mol. The zero-order valence-corrected chi connectivity index (χ0v) is 12.8. The number of imide groups is 1. The standard InChI is InChI=1S/C15H17N3O2S/c1-9(2)7-11-14(19)18(15(20)17-11)8-13-16-10-5-3-4-6-12(10)21-13/h3-6,9,11H,7-8H2,1-2H3,(H,17,20)/t11-/m0/s1. The van der Waals surface area contributed by atoms with Gasteiger partial charge >= 0.3 is 6.03 Å². The number of nitrogens with zero attached hydrogens (tertiary/aromatic N) is 2. The number of hydrogen-bond donors (Lipinski definition) is 1. The SMILES string of the molecule is CC(C)C[C@@H]1NC(=O)N(Cc2nc3ccccc3s2)C1=O. The van der Waals surface area contributed by atoms with E-state index in [1.54, 1.807) is 0 Å². The van der Waals surface area contributed by atoms with Gasteiger partial charge in [-0.3, -0.25) is 9.69 Å². The highest BCUT2D eigenvalue weighted by molar-refractivity contribution is 7.18. The Kier molecular flexibility index (Phi) is 3.63. The van der Waals surface area contributed by atoms with Gasteiger partial charge in [0.15, 0.2) is 0 Å². The highest BCUT2D eigenvalue weighted by Crippen LogP contribution is 2.24. The summed E-state index contributed by atoms with van der Waals surface area (Å²) in [6.45, 7) is 4.32. The van der Waals surface area contributed by atoms with Crippen LogP contribution in [0.15, 0.2) is 24.3 Å². The predicted molar refractivity (Wildman–Crippen MR) is 81.9 cm³/mol. The van der Waals surface area contributed by atoms with E-state index in [1.807, 2.05) is 38.1 Å². The molecule has 0 radical (unpaired) electrons. The quantitative estimate of drug-likeness (QED) is 0.883. The lowest BCUT2D eigenvalue weighted by atomic mass is 10.0. The Hall–Kier alpha value is -1.95. The van der Waals surface area contributed by atoms with Gasteiger partial charge in [-0.25, -0.2) is 9.78 Å². The summed E-state index contributed by atoms with van der Waals surface area (Å²) in [5.41, 5.74) is 0.906. The van der Waals surface area contributed by atoms with Crippen LogP contribution in [0.25, 0.3) is 10.2 Å². The Morgan fingerprint density at radius 3 is 2.81 bits per heavy atom. The Bertz CT molecular complexity index is 662. The van der Waals surface area contributed by atoms with Crippen LogP contribution < -0.4 is 5.32 Å². The van der Waals surface area contributed by atoms with Crippen LogP contribution in [0.1, 0.15) is 25.3 Å². The molecule has 1 saturated heterocycles. The van der Waals surface area contributed by atoms with Crippen molar-refractivity contribution < 1.29 is 9.59 Å². The third-order valence-electron chi connectivity index (χ3n) is 3.45. The molecule has 1 aromatic carbocycles. The van der Waals surface area contributed by atoms with Crippen molar-refractivity contribution >= 4 is 33.5 Å². The van der Waals surface area contributed by atoms with Gasteiger partial charge < -0.3 is 5.32 Å². The van der Waals surface area contributed by atoms with E-state index >= 15 is 0 Å². The fourth-order valence-corrected chi connectivity index (χ4v) is 3.44. The number of carbonyl (C=O) groups excluding carboxylic acids is 2. The fourth-order valence-electron chi connectivity index (χ4n) is 2.48. The number of rotatable bonds is 4. The Morgan fingerprint density at radius 2 is 2.10 bits per heavy atom. The molecule has 21 heavy (non-hydrogen) atoms. The maximum atomic E-state index is 12.3. The molecule has 0 aliphatic carbocycles. The third kappa shape index (κ3) is 2.76. The molecule has 1 N–H and O–H groups in total. The molecular weight excluding hydrogens is 286 g/mol. The second kappa shape index (κ2) is 5.44. The van der Waals surface area contributed by atoms with Gasteiger partial charge in [-0.1, -0.05) is 26.0 Å². The van der Waals surface area contributed by atoms with Crippen LogP contribution in [0.4, 0.5) is 4.79 Å². The van der Waals surface area contributed by atoms with Crippen molar-refractivity contribution in [1.82, 2.24) is 15.2 Å². The number of fused-ring (bicyclic) bond motifs is 1. The monoisotopic (exact) mass is 303 g/mol. The van der Waals surface area contributed by atoms with E-state index in [-0.39, 0.29) is 18.5 Å². The molecule has 5 nitrogen and oxygen atoms in total. The normalized spacial score (nSPS) is 18.8. The number of thiazole rings is 1. The predicted octanol–water partition coefficient (Wildman–Crippen LogP) is 2.76.